The largest absolute Gasteiger partial charge is 0.504 e. The number of aromatic hydroxyl groups is 1. The van der Waals surface area contributed by atoms with Gasteiger partial charge in [0, 0.05) is 45.1 Å². The molecule has 4 aromatic carbocycles. The van der Waals surface area contributed by atoms with E-state index < -0.39 is 39.4 Å². The molecule has 4 heterocycles. The smallest absolute Gasteiger partial charge is 0.426 e. The van der Waals surface area contributed by atoms with Crippen LogP contribution in [0, 0.1) is 0 Å². The maximum Gasteiger partial charge on any atom is 0.426 e. The van der Waals surface area contributed by atoms with Gasteiger partial charge in [0.1, 0.15) is 27.6 Å². The molecule has 2 amide bonds. The number of ether oxygens (including phenoxy) is 5. The van der Waals surface area contributed by atoms with E-state index >= 15 is 0 Å². The Morgan fingerprint density at radius 1 is 0.620 bits per heavy atom. The van der Waals surface area contributed by atoms with Crippen LogP contribution in [0.3, 0.4) is 0 Å². The summed E-state index contributed by atoms with van der Waals surface area (Å²) < 4.78 is 107. The third-order valence-corrected chi connectivity index (χ3v) is 13.3. The maximum atomic E-state index is 13.7. The van der Waals surface area contributed by atoms with Crippen molar-refractivity contribution in [2.24, 2.45) is 0 Å². The van der Waals surface area contributed by atoms with Crippen molar-refractivity contribution in [1.82, 2.24) is 0 Å². The predicted molar refractivity (Wildman–Crippen MR) is 266 cm³/mol. The van der Waals surface area contributed by atoms with Gasteiger partial charge in [-0.3, -0.25) is 9.80 Å². The van der Waals surface area contributed by atoms with E-state index in [1.54, 1.807) is 109 Å². The molecule has 2 aromatic heterocycles. The van der Waals surface area contributed by atoms with E-state index in [9.17, 15) is 41.0 Å². The number of carbonyl (C=O) groups is 2. The van der Waals surface area contributed by atoms with Crippen molar-refractivity contribution in [3.8, 4) is 45.3 Å². The lowest BCUT2D eigenvalue weighted by molar-refractivity contribution is -0.134. The van der Waals surface area contributed by atoms with Crippen LogP contribution in [-0.2, 0) is 47.2 Å². The Morgan fingerprint density at radius 3 is 1.46 bits per heavy atom. The molecule has 1 N–H and O–H groups in total. The average Bonchev–Trinajstić information content (AvgIpc) is 4.13. The molecule has 0 unspecified atom stereocenters. The van der Waals surface area contributed by atoms with Crippen LogP contribution in [0.15, 0.2) is 97.1 Å². The summed E-state index contributed by atoms with van der Waals surface area (Å²) in [4.78, 5) is 27.5. The minimum Gasteiger partial charge on any atom is -0.504 e. The molecule has 6 aromatic rings. The van der Waals surface area contributed by atoms with Gasteiger partial charge in [-0.25, -0.2) is 9.59 Å². The molecule has 71 heavy (non-hydrogen) atoms. The fourth-order valence-corrected chi connectivity index (χ4v) is 9.81. The molecule has 0 aliphatic carbocycles. The maximum absolute atomic E-state index is 13.7. The van der Waals surface area contributed by atoms with E-state index in [-0.39, 0.29) is 35.5 Å². The lowest BCUT2D eigenvalue weighted by atomic mass is 10.1. The molecular formula is C52H53ClF6N2O8S2. The Bertz CT molecular complexity index is 2800. The van der Waals surface area contributed by atoms with Crippen molar-refractivity contribution in [3.63, 3.8) is 0 Å². The van der Waals surface area contributed by atoms with Crippen LogP contribution < -0.4 is 24.0 Å². The first-order chi connectivity index (χ1) is 33.3. The molecular weight excluding hydrogens is 994 g/mol. The number of phenols is 1. The fraction of sp³-hybridized carbons (Fsp3) is 0.346. The van der Waals surface area contributed by atoms with Crippen LogP contribution >= 0.6 is 34.3 Å². The van der Waals surface area contributed by atoms with Crippen LogP contribution in [0.4, 0.5) is 47.3 Å². The summed E-state index contributed by atoms with van der Waals surface area (Å²) in [6, 6.07) is 26.7. The highest BCUT2D eigenvalue weighted by Gasteiger charge is 2.38. The number of benzene rings is 4. The number of thiophene rings is 2. The molecule has 0 saturated heterocycles. The van der Waals surface area contributed by atoms with E-state index in [2.05, 4.69) is 0 Å². The Kier molecular flexibility index (Phi) is 16.9. The van der Waals surface area contributed by atoms with E-state index in [0.717, 1.165) is 16.8 Å². The van der Waals surface area contributed by atoms with Crippen LogP contribution in [0.1, 0.15) is 72.2 Å². The van der Waals surface area contributed by atoms with Gasteiger partial charge in [-0.15, -0.1) is 34.3 Å². The summed E-state index contributed by atoms with van der Waals surface area (Å²) in [7, 11) is 3.00. The van der Waals surface area contributed by atoms with E-state index in [1.807, 2.05) is 20.8 Å². The zero-order valence-electron chi connectivity index (χ0n) is 40.1. The van der Waals surface area contributed by atoms with Crippen molar-refractivity contribution in [3.05, 3.63) is 128 Å². The van der Waals surface area contributed by atoms with Gasteiger partial charge in [-0.05, 0) is 102 Å². The molecule has 380 valence electrons. The lowest BCUT2D eigenvalue weighted by Gasteiger charge is -2.25. The van der Waals surface area contributed by atoms with Crippen LogP contribution in [-0.4, -0.2) is 55.8 Å². The first-order valence-electron chi connectivity index (χ1n) is 22.1. The number of phenolic OH excluding ortho intramolecular Hbond substituents is 1. The highest BCUT2D eigenvalue weighted by molar-refractivity contribution is 7.13. The highest BCUT2D eigenvalue weighted by atomic mass is 35.5. The van der Waals surface area contributed by atoms with Gasteiger partial charge < -0.3 is 28.8 Å². The molecule has 10 nitrogen and oxygen atoms in total. The standard InChI is InChI=1S/C26H26F3NO4S.C14H19NO4.C12H8ClF3S/c1-25(2,3)34-24(31)30-13-12-18-20(30)10-11-21(22(18)32-4)33-15-17-14-19(16-8-6-5-7-9-16)23(35-17)26(27,28)29;1-14(2,3)19-13(17)15-8-7-9-10(15)5-6-11(16)12(9)18-4;13-7-9-6-10(8-4-2-1-3-5-8)11(17-9)12(14,15)16/h5-11,14H,12-13,15H2,1-4H3;5-6,16H,7-8H2,1-4H3;1-6H,7H2. The van der Waals surface area contributed by atoms with Crippen molar-refractivity contribution >= 4 is 57.8 Å². The summed E-state index contributed by atoms with van der Waals surface area (Å²) >= 11 is 6.97. The Labute approximate surface area is 421 Å². The number of carbonyl (C=O) groups excluding carboxylic acids is 2. The summed E-state index contributed by atoms with van der Waals surface area (Å²) in [5.41, 5.74) is 3.30. The molecule has 0 atom stereocenters. The number of rotatable bonds is 8. The van der Waals surface area contributed by atoms with Gasteiger partial charge in [-0.2, -0.15) is 26.3 Å². The Hall–Kier alpha value is -6.11. The second kappa shape index (κ2) is 22.1. The van der Waals surface area contributed by atoms with Crippen LogP contribution in [0.5, 0.6) is 23.0 Å². The van der Waals surface area contributed by atoms with Gasteiger partial charge in [0.05, 0.1) is 31.5 Å². The lowest BCUT2D eigenvalue weighted by Crippen LogP contribution is -2.35. The number of halogens is 7. The topological polar surface area (TPSA) is 107 Å². The summed E-state index contributed by atoms with van der Waals surface area (Å²) in [6.07, 6.45) is -8.43. The molecule has 0 fully saturated rings. The fourth-order valence-electron chi connectivity index (χ4n) is 7.71. The normalized spacial score (nSPS) is 13.3. The molecule has 0 radical (unpaired) electrons. The molecule has 2 aliphatic heterocycles. The Balaban J connectivity index is 0.000000193. The second-order valence-corrected chi connectivity index (χ2v) is 20.6. The number of methoxy groups -OCH3 is 2. The molecule has 8 rings (SSSR count). The number of amides is 2. The van der Waals surface area contributed by atoms with Crippen molar-refractivity contribution in [1.29, 1.82) is 0 Å². The average molecular weight is 1050 g/mol. The SMILES string of the molecule is COc1c(O)ccc2c1CCN2C(=O)OC(C)(C)C.COc1c(OCc2cc(-c3ccccc3)c(C(F)(F)F)s2)ccc2c1CCN2C(=O)OC(C)(C)C.FC(F)(F)c1sc(CCl)cc1-c1ccccc1. The number of hydrogen-bond donors (Lipinski definition) is 1. The van der Waals surface area contributed by atoms with Gasteiger partial charge >= 0.3 is 24.5 Å². The minimum atomic E-state index is -4.47. The van der Waals surface area contributed by atoms with Gasteiger partial charge in [0.15, 0.2) is 23.0 Å². The quantitative estimate of drug-likeness (QED) is 0.119. The number of hydrogen-bond acceptors (Lipinski definition) is 10. The minimum absolute atomic E-state index is 0.0501. The zero-order valence-corrected chi connectivity index (χ0v) is 42.5. The van der Waals surface area contributed by atoms with Gasteiger partial charge in [-0.1, -0.05) is 60.7 Å². The van der Waals surface area contributed by atoms with Crippen LogP contribution in [0.25, 0.3) is 22.3 Å². The second-order valence-electron chi connectivity index (χ2n) is 18.0. The number of fused-ring (bicyclic) bond motifs is 2. The molecule has 0 spiro atoms. The van der Waals surface area contributed by atoms with Gasteiger partial charge in [0.25, 0.3) is 0 Å². The van der Waals surface area contributed by atoms with Crippen molar-refractivity contribution in [2.45, 2.75) is 90.4 Å². The zero-order chi connectivity index (χ0) is 52.1. The number of nitrogens with zero attached hydrogens (tertiary/aromatic N) is 2. The molecule has 19 heteroatoms. The summed E-state index contributed by atoms with van der Waals surface area (Å²) in [5.74, 6) is 1.49. The first kappa shape index (κ1) is 54.2. The monoisotopic (exact) mass is 1050 g/mol. The highest BCUT2D eigenvalue weighted by Crippen LogP contribution is 2.47. The van der Waals surface area contributed by atoms with E-state index in [4.69, 9.17) is 35.3 Å². The molecule has 0 bridgehead atoms. The molecule has 0 saturated carbocycles. The summed E-state index contributed by atoms with van der Waals surface area (Å²) in [6.45, 7) is 11.8. The summed E-state index contributed by atoms with van der Waals surface area (Å²) in [5, 5.41) is 9.73. The van der Waals surface area contributed by atoms with Crippen molar-refractivity contribution in [2.75, 3.05) is 37.1 Å². The van der Waals surface area contributed by atoms with Crippen molar-refractivity contribution < 1.29 is 64.7 Å². The third kappa shape index (κ3) is 13.4. The Morgan fingerprint density at radius 2 is 1.04 bits per heavy atom. The van der Waals surface area contributed by atoms with Gasteiger partial charge in [0.2, 0.25) is 0 Å². The third-order valence-electron chi connectivity index (χ3n) is 10.6. The number of alkyl halides is 7. The number of anilines is 2. The molecule has 2 aliphatic rings. The predicted octanol–water partition coefficient (Wildman–Crippen LogP) is 15.2. The van der Waals surface area contributed by atoms with E-state index in [0.29, 0.717) is 92.4 Å². The van der Waals surface area contributed by atoms with E-state index in [1.165, 1.54) is 32.4 Å². The van der Waals surface area contributed by atoms with Crippen LogP contribution in [0.2, 0.25) is 0 Å². The first-order valence-corrected chi connectivity index (χ1v) is 24.3.